The summed E-state index contributed by atoms with van der Waals surface area (Å²) in [6.07, 6.45) is 2.38. The zero-order valence-corrected chi connectivity index (χ0v) is 60.2. The van der Waals surface area contributed by atoms with Gasteiger partial charge in [0.05, 0.1) is 11.7 Å². The van der Waals surface area contributed by atoms with Gasteiger partial charge in [0.15, 0.2) is 0 Å². The molecule has 1 rings (SSSR count). The second kappa shape index (κ2) is 36.9. The Balaban J connectivity index is 4.54. The molecule has 0 unspecified atom stereocenters. The predicted molar refractivity (Wildman–Crippen MR) is 352 cm³/mol. The molecule has 1 saturated heterocycles. The van der Waals surface area contributed by atoms with Crippen molar-refractivity contribution in [1.29, 1.82) is 0 Å². The van der Waals surface area contributed by atoms with Gasteiger partial charge in [0.1, 0.15) is 66.5 Å². The van der Waals surface area contributed by atoms with Crippen molar-refractivity contribution >= 4 is 65.0 Å². The quantitative estimate of drug-likeness (QED) is 0.108. The number of amides is 11. The zero-order valence-electron chi connectivity index (χ0n) is 60.2. The van der Waals surface area contributed by atoms with E-state index in [0.29, 0.717) is 0 Å². The molecule has 0 bridgehead atoms. The third-order valence-electron chi connectivity index (χ3n) is 17.2. The molecule has 0 spiro atoms. The van der Waals surface area contributed by atoms with Gasteiger partial charge >= 0.3 is 0 Å². The number of carbonyl (C=O) groups is 11. The Hall–Kier alpha value is -6.21. The molecule has 1 heterocycles. The average molecular weight is 1290 g/mol. The fourth-order valence-electron chi connectivity index (χ4n) is 11.5. The van der Waals surface area contributed by atoms with E-state index in [1.54, 1.807) is 79.6 Å². The summed E-state index contributed by atoms with van der Waals surface area (Å²) in [6.45, 7) is 29.1. The zero-order chi connectivity index (χ0) is 70.8. The van der Waals surface area contributed by atoms with Crippen molar-refractivity contribution in [1.82, 2.24) is 60.5 Å². The number of hydrogen-bond donors (Lipinski definition) is 6. The third-order valence-corrected chi connectivity index (χ3v) is 17.2. The molecule has 0 aliphatic carbocycles. The molecule has 0 aromatic rings. The van der Waals surface area contributed by atoms with Crippen LogP contribution in [0.4, 0.5) is 0 Å². The lowest BCUT2D eigenvalue weighted by atomic mass is 9.91. The Kier molecular flexibility index (Phi) is 33.6. The fraction of sp³-hybridized carbons (Fsp3) is 0.803. The highest BCUT2D eigenvalue weighted by atomic mass is 16.3. The second-order valence-corrected chi connectivity index (χ2v) is 28.3. The average Bonchev–Trinajstić information content (AvgIpc) is 0.888. The van der Waals surface area contributed by atoms with E-state index >= 15 is 28.8 Å². The highest BCUT2D eigenvalue weighted by Crippen LogP contribution is 2.26. The van der Waals surface area contributed by atoms with Crippen LogP contribution >= 0.6 is 0 Å². The molecule has 1 aliphatic rings. The molecule has 6 N–H and O–H groups in total. The van der Waals surface area contributed by atoms with Crippen molar-refractivity contribution in [2.45, 2.75) is 241 Å². The van der Waals surface area contributed by atoms with Crippen molar-refractivity contribution in [2.24, 2.45) is 35.5 Å². The minimum absolute atomic E-state index is 0.0235. The highest BCUT2D eigenvalue weighted by molar-refractivity contribution is 6.00. The molecule has 13 atom stereocenters. The van der Waals surface area contributed by atoms with E-state index in [1.165, 1.54) is 102 Å². The van der Waals surface area contributed by atoms with Crippen LogP contribution < -0.4 is 21.3 Å². The smallest absolute Gasteiger partial charge is 0.246 e. The van der Waals surface area contributed by atoms with Gasteiger partial charge in [0.25, 0.3) is 0 Å². The number of aliphatic hydroxyl groups excluding tert-OH is 1. The summed E-state index contributed by atoms with van der Waals surface area (Å²) >= 11 is 0. The summed E-state index contributed by atoms with van der Waals surface area (Å²) in [5.74, 6) is -10.3. The first kappa shape index (κ1) is 82.8. The normalized spacial score (nSPS) is 26.9. The molecule has 1 fully saturated rings. The first-order valence-electron chi connectivity index (χ1n) is 32.6. The number of hydrogen-bond acceptors (Lipinski definition) is 14. The van der Waals surface area contributed by atoms with Crippen LogP contribution in [0.2, 0.25) is 0 Å². The molecule has 25 nitrogen and oxygen atoms in total. The van der Waals surface area contributed by atoms with Crippen molar-refractivity contribution in [3.05, 3.63) is 12.2 Å². The van der Waals surface area contributed by atoms with Gasteiger partial charge in [-0.2, -0.15) is 0 Å². The number of carbonyl (C=O) groups excluding carboxylic acids is 11. The lowest BCUT2D eigenvalue weighted by molar-refractivity contribution is -0.157. The monoisotopic (exact) mass is 1290 g/mol. The molecule has 0 saturated carbocycles. The number of rotatable bonds is 18. The number of aliphatic hydroxyl groups is 2. The molecule has 0 radical (unpaired) electrons. The van der Waals surface area contributed by atoms with Crippen molar-refractivity contribution in [3.63, 3.8) is 0 Å². The minimum atomic E-state index is -1.66. The van der Waals surface area contributed by atoms with E-state index < -0.39 is 161 Å². The summed E-state index contributed by atoms with van der Waals surface area (Å²) in [7, 11) is 13.4. The van der Waals surface area contributed by atoms with Crippen molar-refractivity contribution in [3.8, 4) is 0 Å². The molecule has 91 heavy (non-hydrogen) atoms. The topological polar surface area (TPSA) is 302 Å². The Labute approximate surface area is 544 Å². The van der Waals surface area contributed by atoms with Crippen LogP contribution in [0.25, 0.3) is 0 Å². The second-order valence-electron chi connectivity index (χ2n) is 28.3. The summed E-state index contributed by atoms with van der Waals surface area (Å²) in [5.41, 5.74) is -1.58. The summed E-state index contributed by atoms with van der Waals surface area (Å²) in [6, 6.07) is -14.4. The number of nitrogens with zero attached hydrogens (tertiary/aromatic N) is 8. The van der Waals surface area contributed by atoms with Crippen LogP contribution in [0.15, 0.2) is 12.2 Å². The third kappa shape index (κ3) is 23.7. The van der Waals surface area contributed by atoms with Gasteiger partial charge in [-0.3, -0.25) is 52.7 Å². The molecule has 0 aromatic heterocycles. The molecule has 11 amide bonds. The van der Waals surface area contributed by atoms with E-state index in [4.69, 9.17) is 0 Å². The largest absolute Gasteiger partial charge is 0.390 e. The van der Waals surface area contributed by atoms with Gasteiger partial charge < -0.3 is 70.7 Å². The first-order chi connectivity index (χ1) is 41.8. The van der Waals surface area contributed by atoms with E-state index in [9.17, 15) is 34.2 Å². The number of likely N-dealkylation sites (N-methyl/N-ethyl adjacent to an activating group) is 7. The first-order valence-corrected chi connectivity index (χ1v) is 32.6. The van der Waals surface area contributed by atoms with E-state index in [1.807, 2.05) is 41.5 Å². The van der Waals surface area contributed by atoms with Gasteiger partial charge in [-0.1, -0.05) is 95.2 Å². The lowest BCUT2D eigenvalue weighted by Crippen LogP contribution is -2.64. The summed E-state index contributed by atoms with van der Waals surface area (Å²) < 4.78 is 0. The Morgan fingerprint density at radius 2 is 0.912 bits per heavy atom. The van der Waals surface area contributed by atoms with Crippen LogP contribution in [-0.2, 0) is 52.7 Å². The molecule has 1 aliphatic heterocycles. The van der Waals surface area contributed by atoms with Crippen LogP contribution in [0.3, 0.4) is 0 Å². The van der Waals surface area contributed by atoms with Crippen molar-refractivity contribution in [2.75, 3.05) is 70.0 Å². The Bertz CT molecular complexity index is 2500. The maximum atomic E-state index is 15.3. The van der Waals surface area contributed by atoms with Crippen LogP contribution in [0.5, 0.6) is 0 Å². The van der Waals surface area contributed by atoms with Gasteiger partial charge in [0.2, 0.25) is 65.0 Å². The Morgan fingerprint density at radius 1 is 0.495 bits per heavy atom. The minimum Gasteiger partial charge on any atom is -0.390 e. The van der Waals surface area contributed by atoms with E-state index in [-0.39, 0.29) is 69.2 Å². The van der Waals surface area contributed by atoms with Crippen LogP contribution in [0, 0.1) is 35.5 Å². The molecule has 522 valence electrons. The van der Waals surface area contributed by atoms with Crippen molar-refractivity contribution < 1.29 is 63.0 Å². The predicted octanol–water partition coefficient (Wildman–Crippen LogP) is 2.70. The van der Waals surface area contributed by atoms with Gasteiger partial charge in [-0.05, 0) is 129 Å². The maximum absolute atomic E-state index is 15.3. The van der Waals surface area contributed by atoms with Crippen LogP contribution in [0.1, 0.15) is 163 Å². The van der Waals surface area contributed by atoms with Gasteiger partial charge in [-0.25, -0.2) is 0 Å². The summed E-state index contributed by atoms with van der Waals surface area (Å²) in [4.78, 5) is 173. The standard InChI is InChI=1S/C66H120N12O13/c1-27-29-30-42(13)54(79)53-58(83)69-45(28-2)60(85)72(20)46(31-32-71(18)19)61(86)76(24)50(36-66(16,17)91)57(82)70-51(40(9)10)64(89)73(21)47(33-37(3)4)56(81)67-43(14)55(80)68-44(15)59(84)74(22)48(34-38(5)6)62(87)75(23)49(35-39(7)8)63(88)77(25)52(41(11)12)65(90)78(53)26/h27,29,37-54,79,91H,28,30-36H2,1-26H3,(H,67,81)(H,68,80)(H,69,83)(H,70,82)/b29-27+/t42-,43+,44-,45+,46-,47+,48+,49+,50+,51+,52+,53+,54-/m1/s1. The lowest BCUT2D eigenvalue weighted by Gasteiger charge is -2.41. The highest BCUT2D eigenvalue weighted by Gasteiger charge is 2.47. The molecular formula is C66H120N12O13. The summed E-state index contributed by atoms with van der Waals surface area (Å²) in [5, 5.41) is 34.6. The number of nitrogens with one attached hydrogen (secondary N) is 4. The SMILES string of the molecule is C/C=C/C[C@@H](C)[C@@H](O)[C@H]1C(=O)N[C@@H](CC)C(=O)N(C)[C@H](CCN(C)C)C(=O)N(C)[C@@H](CC(C)(C)O)C(=O)N[C@@H](C(C)C)C(=O)N(C)[C@@H](CC(C)C)C(=O)N[C@@H](C)C(=O)N[C@H](C)C(=O)N(C)[C@@H](CC(C)C)C(=O)N(C)[C@@H](CC(C)C)C(=O)N(C)[C@@H](C(C)C)C(=O)N1C. The van der Waals surface area contributed by atoms with Crippen LogP contribution in [-0.4, -0.2) is 263 Å². The molecular weight excluding hydrogens is 1170 g/mol. The van der Waals surface area contributed by atoms with E-state index in [0.717, 1.165) is 9.80 Å². The van der Waals surface area contributed by atoms with E-state index in [2.05, 4.69) is 21.3 Å². The van der Waals surface area contributed by atoms with Gasteiger partial charge in [-0.15, -0.1) is 0 Å². The molecule has 0 aromatic carbocycles. The maximum Gasteiger partial charge on any atom is 0.246 e. The number of allylic oxidation sites excluding steroid dienone is 2. The van der Waals surface area contributed by atoms with Gasteiger partial charge in [0, 0.05) is 55.8 Å². The fourth-order valence-corrected chi connectivity index (χ4v) is 11.5. The Morgan fingerprint density at radius 3 is 1.36 bits per heavy atom. The molecule has 25 heteroatoms.